The van der Waals surface area contributed by atoms with Gasteiger partial charge in [-0.05, 0) is 59.8 Å². The normalized spacial score (nSPS) is 16.3. The highest BCUT2D eigenvalue weighted by atomic mass is 35.5. The molecule has 2 aromatic rings. The summed E-state index contributed by atoms with van der Waals surface area (Å²) in [4.78, 5) is 17.2. The zero-order chi connectivity index (χ0) is 20.1. The van der Waals surface area contributed by atoms with Gasteiger partial charge in [-0.15, -0.1) is 0 Å². The van der Waals surface area contributed by atoms with Gasteiger partial charge in [0.15, 0.2) is 16.7 Å². The number of hydrogen-bond acceptors (Lipinski definition) is 5. The molecule has 0 unspecified atom stereocenters. The minimum atomic E-state index is -0.236. The number of nitrogens with one attached hydrogen (secondary N) is 1. The molecular formula is C20H16Cl2N2O3S. The van der Waals surface area contributed by atoms with Crippen LogP contribution in [0.4, 0.5) is 5.69 Å². The Labute approximate surface area is 177 Å². The summed E-state index contributed by atoms with van der Waals surface area (Å²) in [5.41, 5.74) is 1.40. The lowest BCUT2D eigenvalue weighted by Crippen LogP contribution is -2.19. The molecule has 0 atom stereocenters. The van der Waals surface area contributed by atoms with Crippen molar-refractivity contribution in [2.24, 2.45) is 4.99 Å². The van der Waals surface area contributed by atoms with Crippen LogP contribution in [-0.4, -0.2) is 24.8 Å². The SMILES string of the molecule is C=CCOc1c(Cl)cc(/C=C2\SC(=Nc3ccc(Cl)cc3)NC2=O)cc1OC. The van der Waals surface area contributed by atoms with Crippen molar-refractivity contribution in [3.05, 3.63) is 69.6 Å². The van der Waals surface area contributed by atoms with Crippen molar-refractivity contribution < 1.29 is 14.3 Å². The van der Waals surface area contributed by atoms with Gasteiger partial charge in [0.25, 0.3) is 5.91 Å². The fraction of sp³-hybridized carbons (Fsp3) is 0.100. The summed E-state index contributed by atoms with van der Waals surface area (Å²) >= 11 is 13.4. The largest absolute Gasteiger partial charge is 0.493 e. The molecular weight excluding hydrogens is 419 g/mol. The van der Waals surface area contributed by atoms with Gasteiger partial charge in [0, 0.05) is 5.02 Å². The summed E-state index contributed by atoms with van der Waals surface area (Å²) < 4.78 is 10.9. The quantitative estimate of drug-likeness (QED) is 0.484. The van der Waals surface area contributed by atoms with Crippen LogP contribution in [-0.2, 0) is 4.79 Å². The highest BCUT2D eigenvalue weighted by Gasteiger charge is 2.24. The third-order valence-electron chi connectivity index (χ3n) is 3.60. The summed E-state index contributed by atoms with van der Waals surface area (Å²) in [5.74, 6) is 0.666. The number of amidine groups is 1. The van der Waals surface area contributed by atoms with E-state index >= 15 is 0 Å². The maximum atomic E-state index is 12.3. The van der Waals surface area contributed by atoms with Gasteiger partial charge in [0.1, 0.15) is 6.61 Å². The third kappa shape index (κ3) is 4.90. The average molecular weight is 435 g/mol. The molecule has 144 valence electrons. The molecule has 1 heterocycles. The number of nitrogens with zero attached hydrogens (tertiary/aromatic N) is 1. The minimum absolute atomic E-state index is 0.236. The van der Waals surface area contributed by atoms with E-state index in [1.54, 1.807) is 48.6 Å². The summed E-state index contributed by atoms with van der Waals surface area (Å²) in [6.45, 7) is 3.92. The van der Waals surface area contributed by atoms with E-state index in [0.29, 0.717) is 49.5 Å². The zero-order valence-electron chi connectivity index (χ0n) is 14.9. The Kier molecular flexibility index (Phi) is 6.67. The summed E-state index contributed by atoms with van der Waals surface area (Å²) in [6, 6.07) is 10.5. The van der Waals surface area contributed by atoms with Crippen LogP contribution in [0.1, 0.15) is 5.56 Å². The lowest BCUT2D eigenvalue weighted by Gasteiger charge is -2.12. The first-order valence-electron chi connectivity index (χ1n) is 8.16. The zero-order valence-corrected chi connectivity index (χ0v) is 17.2. The van der Waals surface area contributed by atoms with E-state index in [-0.39, 0.29) is 5.91 Å². The lowest BCUT2D eigenvalue weighted by molar-refractivity contribution is -0.115. The maximum Gasteiger partial charge on any atom is 0.264 e. The molecule has 1 aliphatic rings. The number of aliphatic imine (C=N–C) groups is 1. The van der Waals surface area contributed by atoms with Gasteiger partial charge in [0.05, 0.1) is 22.7 Å². The smallest absolute Gasteiger partial charge is 0.264 e. The third-order valence-corrected chi connectivity index (χ3v) is 5.05. The van der Waals surface area contributed by atoms with Crippen LogP contribution >= 0.6 is 35.0 Å². The van der Waals surface area contributed by atoms with E-state index in [4.69, 9.17) is 32.7 Å². The van der Waals surface area contributed by atoms with Crippen molar-refractivity contribution in [2.75, 3.05) is 13.7 Å². The number of benzene rings is 2. The molecule has 1 saturated heterocycles. The van der Waals surface area contributed by atoms with Gasteiger partial charge in [-0.3, -0.25) is 4.79 Å². The first-order chi connectivity index (χ1) is 13.5. The number of rotatable bonds is 6. The highest BCUT2D eigenvalue weighted by molar-refractivity contribution is 8.18. The molecule has 3 rings (SSSR count). The first-order valence-corrected chi connectivity index (χ1v) is 9.74. The fourth-order valence-electron chi connectivity index (χ4n) is 2.37. The van der Waals surface area contributed by atoms with Crippen LogP contribution in [0.25, 0.3) is 6.08 Å². The van der Waals surface area contributed by atoms with Crippen LogP contribution < -0.4 is 14.8 Å². The molecule has 5 nitrogen and oxygen atoms in total. The molecule has 0 saturated carbocycles. The Morgan fingerprint density at radius 1 is 1.25 bits per heavy atom. The van der Waals surface area contributed by atoms with E-state index in [1.165, 1.54) is 18.9 Å². The molecule has 1 fully saturated rings. The Morgan fingerprint density at radius 3 is 2.68 bits per heavy atom. The molecule has 28 heavy (non-hydrogen) atoms. The topological polar surface area (TPSA) is 59.9 Å². The molecule has 1 N–H and O–H groups in total. The van der Waals surface area contributed by atoms with E-state index in [2.05, 4.69) is 16.9 Å². The molecule has 0 bridgehead atoms. The van der Waals surface area contributed by atoms with Crippen molar-refractivity contribution in [3.63, 3.8) is 0 Å². The number of thioether (sulfide) groups is 1. The van der Waals surface area contributed by atoms with Crippen molar-refractivity contribution in [1.29, 1.82) is 0 Å². The van der Waals surface area contributed by atoms with Gasteiger partial charge < -0.3 is 14.8 Å². The van der Waals surface area contributed by atoms with Crippen molar-refractivity contribution in [3.8, 4) is 11.5 Å². The second-order valence-corrected chi connectivity index (χ2v) is 7.47. The number of carbonyl (C=O) groups is 1. The van der Waals surface area contributed by atoms with Gasteiger partial charge in [-0.2, -0.15) is 0 Å². The van der Waals surface area contributed by atoms with Crippen molar-refractivity contribution >= 4 is 57.8 Å². The summed E-state index contributed by atoms with van der Waals surface area (Å²) in [6.07, 6.45) is 3.34. The second-order valence-electron chi connectivity index (χ2n) is 5.59. The number of hydrogen-bond donors (Lipinski definition) is 1. The molecule has 1 aliphatic heterocycles. The Balaban J connectivity index is 1.85. The standard InChI is InChI=1S/C20H16Cl2N2O3S/c1-3-8-27-18-15(22)9-12(10-16(18)26-2)11-17-19(25)24-20(28-17)23-14-6-4-13(21)5-7-14/h3-7,9-11H,1,8H2,2H3,(H,23,24,25)/b17-11-. The van der Waals surface area contributed by atoms with Crippen LogP contribution in [0.2, 0.25) is 10.0 Å². The molecule has 2 aromatic carbocycles. The minimum Gasteiger partial charge on any atom is -0.493 e. The van der Waals surface area contributed by atoms with E-state index in [0.717, 1.165) is 0 Å². The Bertz CT molecular complexity index is 972. The monoisotopic (exact) mass is 434 g/mol. The van der Waals surface area contributed by atoms with Crippen LogP contribution in [0.15, 0.2) is 59.0 Å². The van der Waals surface area contributed by atoms with Crippen LogP contribution in [0.3, 0.4) is 0 Å². The highest BCUT2D eigenvalue weighted by Crippen LogP contribution is 2.38. The summed E-state index contributed by atoms with van der Waals surface area (Å²) in [7, 11) is 1.53. The molecule has 0 radical (unpaired) electrons. The van der Waals surface area contributed by atoms with E-state index in [9.17, 15) is 4.79 Å². The van der Waals surface area contributed by atoms with Crippen LogP contribution in [0, 0.1) is 0 Å². The van der Waals surface area contributed by atoms with Crippen molar-refractivity contribution in [2.45, 2.75) is 0 Å². The van der Waals surface area contributed by atoms with Gasteiger partial charge in [0.2, 0.25) is 0 Å². The predicted molar refractivity (Wildman–Crippen MR) is 116 cm³/mol. The van der Waals surface area contributed by atoms with E-state index < -0.39 is 0 Å². The molecule has 1 amide bonds. The molecule has 0 aromatic heterocycles. The van der Waals surface area contributed by atoms with Gasteiger partial charge in [-0.25, -0.2) is 4.99 Å². The molecule has 0 spiro atoms. The summed E-state index contributed by atoms with van der Waals surface area (Å²) in [5, 5.41) is 4.24. The number of methoxy groups -OCH3 is 1. The molecule has 8 heteroatoms. The second kappa shape index (κ2) is 9.19. The average Bonchev–Trinajstić information content (AvgIpc) is 3.01. The lowest BCUT2D eigenvalue weighted by atomic mass is 10.2. The number of ether oxygens (including phenoxy) is 2. The Hall–Kier alpha value is -2.41. The number of carbonyl (C=O) groups excluding carboxylic acids is 1. The van der Waals surface area contributed by atoms with Crippen LogP contribution in [0.5, 0.6) is 11.5 Å². The predicted octanol–water partition coefficient (Wildman–Crippen LogP) is 5.46. The van der Waals surface area contributed by atoms with Gasteiger partial charge >= 0.3 is 0 Å². The fourth-order valence-corrected chi connectivity index (χ4v) is 3.61. The van der Waals surface area contributed by atoms with Crippen molar-refractivity contribution in [1.82, 2.24) is 5.32 Å². The first kappa shape index (κ1) is 20.3. The van der Waals surface area contributed by atoms with Gasteiger partial charge in [-0.1, -0.05) is 35.9 Å². The van der Waals surface area contributed by atoms with E-state index in [1.807, 2.05) is 0 Å². The Morgan fingerprint density at radius 2 is 2.00 bits per heavy atom. The number of amides is 1. The maximum absolute atomic E-state index is 12.3. The number of halogens is 2. The molecule has 0 aliphatic carbocycles.